The molecule has 35 heteroatoms. The van der Waals surface area contributed by atoms with Gasteiger partial charge in [0.15, 0.2) is 18.7 Å². The van der Waals surface area contributed by atoms with Crippen molar-refractivity contribution in [1.29, 1.82) is 0 Å². The molecule has 0 saturated carbocycles. The first-order chi connectivity index (χ1) is 49.4. The Morgan fingerprint density at radius 1 is 0.458 bits per heavy atom. The molecule has 602 valence electrons. The van der Waals surface area contributed by atoms with Gasteiger partial charge in [-0.25, -0.2) is 4.79 Å². The molecule has 1 aromatic heterocycles. The lowest BCUT2D eigenvalue weighted by atomic mass is 10.00. The van der Waals surface area contributed by atoms with Crippen LogP contribution in [0.1, 0.15) is 45.3 Å². The summed E-state index contributed by atoms with van der Waals surface area (Å²) in [6.45, 7) is 32.9. The van der Waals surface area contributed by atoms with Crippen molar-refractivity contribution in [1.82, 2.24) is 50.0 Å². The van der Waals surface area contributed by atoms with Crippen LogP contribution in [0.3, 0.4) is 0 Å². The summed E-state index contributed by atoms with van der Waals surface area (Å²) in [6.07, 6.45) is 33.6. The van der Waals surface area contributed by atoms with Crippen molar-refractivity contribution in [2.75, 3.05) is 105 Å². The molecule has 107 heavy (non-hydrogen) atoms. The maximum absolute atomic E-state index is 12.1. The zero-order valence-electron chi connectivity index (χ0n) is 64.0. The lowest BCUT2D eigenvalue weighted by Crippen LogP contribution is -2.47. The molecule has 10 N–H and O–H groups in total. The average molecular weight is 1770 g/mol. The number of hydrogen-bond donors (Lipinski definition) is 10. The van der Waals surface area contributed by atoms with Crippen molar-refractivity contribution < 1.29 is 78.2 Å². The smallest absolute Gasteiger partial charge is 0.332 e. The van der Waals surface area contributed by atoms with Gasteiger partial charge in [0.2, 0.25) is 0 Å². The van der Waals surface area contributed by atoms with Gasteiger partial charge in [-0.1, -0.05) is 71.8 Å². The number of halogens is 2. The Morgan fingerprint density at radius 3 is 1.15 bits per heavy atom. The van der Waals surface area contributed by atoms with Crippen LogP contribution in [0.25, 0.3) is 0 Å². The molecule has 5 unspecified atom stereocenters. The molecular weight excluding hydrogens is 1650 g/mol. The lowest BCUT2D eigenvalue weighted by molar-refractivity contribution is -0.119. The number of aliphatic hydroxyl groups excluding tert-OH is 6. The third-order valence-corrected chi connectivity index (χ3v) is 28.4. The second-order valence-corrected chi connectivity index (χ2v) is 55.6. The van der Waals surface area contributed by atoms with Crippen molar-refractivity contribution >= 4 is 128 Å². The molecule has 0 radical (unpaired) electrons. The van der Waals surface area contributed by atoms with Crippen molar-refractivity contribution in [3.8, 4) is 0 Å². The van der Waals surface area contributed by atoms with Gasteiger partial charge in [-0.05, 0) is 130 Å². The molecule has 0 aromatic carbocycles. The van der Waals surface area contributed by atoms with E-state index in [-0.39, 0.29) is 81.4 Å². The number of amides is 4. The minimum Gasteiger partial charge on any atom is -0.390 e. The van der Waals surface area contributed by atoms with Gasteiger partial charge < -0.3 is 99.9 Å². The maximum Gasteiger partial charge on any atom is 0.332 e. The van der Waals surface area contributed by atoms with Crippen LogP contribution in [-0.2, 0) is 54.6 Å². The zero-order valence-corrected chi connectivity index (χ0v) is 72.2. The van der Waals surface area contributed by atoms with Gasteiger partial charge in [-0.15, -0.1) is 65.9 Å². The van der Waals surface area contributed by atoms with E-state index in [4.69, 9.17) is 28.4 Å². The van der Waals surface area contributed by atoms with E-state index >= 15 is 0 Å². The van der Waals surface area contributed by atoms with Crippen LogP contribution in [0.15, 0.2) is 121 Å². The highest BCUT2D eigenvalue weighted by atomic mass is 127. The molecular formula is C72H117BrIN10O18P5. The number of carbonyl (C=O) groups is 4. The summed E-state index contributed by atoms with van der Waals surface area (Å²) < 4.78 is 37.1. The monoisotopic (exact) mass is 1770 g/mol. The van der Waals surface area contributed by atoms with E-state index in [1.807, 2.05) is 6.92 Å². The molecule has 1 aromatic rings. The predicted molar refractivity (Wildman–Crippen MR) is 451 cm³/mol. The van der Waals surface area contributed by atoms with Gasteiger partial charge in [0.05, 0.1) is 57.6 Å². The molecule has 9 aliphatic rings. The van der Waals surface area contributed by atoms with E-state index in [1.165, 1.54) is 43.6 Å². The molecule has 10 heterocycles. The number of nitrogens with zero attached hydrogens (tertiary/aromatic N) is 6. The van der Waals surface area contributed by atoms with Crippen LogP contribution in [-0.4, -0.2) is 326 Å². The SMILES string of the molecule is C=C1NC(=O)C=CN1C1O[C@H](CCP(=C)(C)C)[C@@H](O)[C@H]1Br.C=C1NC(=O)C=CN1C1O[C@H](CCP(=C)(C)C)[C@@H](O)[C@H]1C.C=C1NC(=O)C=CN1C1O[C@H](CCP(=C)(C)C)[C@@H](O)[C@H]1I.C=C1NC(=O)C=CN1C1O[C@H](CCP(=C)(C)C)[C@@H](O)[C@H]1OC.C=P(C)(C)CC[C@H]1OC(n2ccc(=O)n(C)c2=O)[C@H](O)[C@@H]1O. The number of carbonyl (C=O) groups excluding carboxylic acids is 4. The summed E-state index contributed by atoms with van der Waals surface area (Å²) in [5.41, 5.74) is -1.02. The molecule has 5 fully saturated rings. The summed E-state index contributed by atoms with van der Waals surface area (Å²) in [6, 6.07) is 1.22. The molecule has 28 nitrogen and oxygen atoms in total. The Bertz CT molecular complexity index is 3700. The van der Waals surface area contributed by atoms with Crippen LogP contribution in [0.2, 0.25) is 0 Å². The highest BCUT2D eigenvalue weighted by Gasteiger charge is 2.50. The Labute approximate surface area is 653 Å². The van der Waals surface area contributed by atoms with Crippen LogP contribution in [0.5, 0.6) is 0 Å². The molecule has 5 saturated heterocycles. The number of ether oxygens (including phenoxy) is 6. The molecule has 0 spiro atoms. The van der Waals surface area contributed by atoms with E-state index in [2.05, 4.69) is 184 Å². The first kappa shape index (κ1) is 91.8. The molecule has 4 amide bonds. The summed E-state index contributed by atoms with van der Waals surface area (Å²) in [5, 5.41) is 72.4. The topological polar surface area (TPSA) is 350 Å². The van der Waals surface area contributed by atoms with E-state index in [0.29, 0.717) is 29.7 Å². The van der Waals surface area contributed by atoms with Gasteiger partial charge in [0.1, 0.15) is 60.2 Å². The second kappa shape index (κ2) is 38.6. The van der Waals surface area contributed by atoms with E-state index in [1.54, 1.807) is 51.5 Å². The van der Waals surface area contributed by atoms with Crippen LogP contribution in [0.4, 0.5) is 0 Å². The van der Waals surface area contributed by atoms with Crippen molar-refractivity contribution in [3.05, 3.63) is 132 Å². The van der Waals surface area contributed by atoms with Crippen LogP contribution < -0.4 is 32.5 Å². The van der Waals surface area contributed by atoms with E-state index in [9.17, 15) is 59.4 Å². The standard InChI is InChI=1S/C15H25N2O4P.C15H25N2O3P.C14H22BrN2O3P.C14H22IN2O3P.C14H23N2O5P/c1-10-16-12(18)6-8-17(10)15-14(20-2)13(19)11(21-15)7-9-22(3,4)5;1-10-14(19)12(7-9-21(3,4)5)20-15(10)17-8-6-13(18)16-11(17)2;2*1-9-16-11(18)5-7-17(9)14-12(15)13(19)10(20-14)6-8-21(2,3)4;1-15-10(17)5-7-16(14(15)20)13-12(19)11(18)9(21-13)6-8-22(2,3)4/h6,8,11,13-15,19H,1,3,7,9H2,2,4-5H3,(H,16,18);6,8,10,12,14-15,19H,2-3,7,9H2,1,4-5H3,(H,16,18);2*5,7,10,12-14,19H,1-2,6,8H2,3-4H3,(H,16,18);5,7,9,11-13,18-19H,2,6,8H2,1,3-4H3/t11-,13-,14-,15?;10-,12-,14+,15?;2*10-,12-,13-,14?;9-,11-,12-,13?/m11111/s1. The Hall–Kier alpha value is -4.09. The summed E-state index contributed by atoms with van der Waals surface area (Å²) in [7, 11) is 2.89. The molecule has 10 rings (SSSR count). The zero-order chi connectivity index (χ0) is 80.5. The summed E-state index contributed by atoms with van der Waals surface area (Å²) in [4.78, 5) is 75.4. The molecule has 0 aliphatic carbocycles. The average Bonchev–Trinajstić information content (AvgIpc) is 1.66. The van der Waals surface area contributed by atoms with Gasteiger partial charge in [-0.3, -0.25) is 33.1 Å². The number of hydrogen-bond acceptors (Lipinski definition) is 22. The summed E-state index contributed by atoms with van der Waals surface area (Å²) >= 11 is 5.70. The molecule has 0 bridgehead atoms. The normalized spacial score (nSPS) is 32.3. The van der Waals surface area contributed by atoms with Crippen LogP contribution in [0, 0.1) is 5.92 Å². The second-order valence-electron chi connectivity index (χ2n) is 31.5. The number of aliphatic hydroxyl groups is 6. The van der Waals surface area contributed by atoms with Gasteiger partial charge in [-0.2, -0.15) is 0 Å². The first-order valence-electron chi connectivity index (χ1n) is 35.1. The third kappa shape index (κ3) is 26.2. The Morgan fingerprint density at radius 2 is 0.766 bits per heavy atom. The minimum atomic E-state index is -1.27. The fourth-order valence-corrected chi connectivity index (χ4v) is 18.9. The number of alkyl halides is 2. The van der Waals surface area contributed by atoms with Crippen molar-refractivity contribution in [3.63, 3.8) is 0 Å². The van der Waals surface area contributed by atoms with E-state index < -0.39 is 107 Å². The van der Waals surface area contributed by atoms with Crippen molar-refractivity contribution in [2.24, 2.45) is 13.0 Å². The molecule has 9 aliphatic heterocycles. The Kier molecular flexibility index (Phi) is 33.1. The number of nitrogens with one attached hydrogen (secondary N) is 4. The van der Waals surface area contributed by atoms with Gasteiger partial charge in [0.25, 0.3) is 29.2 Å². The molecule has 20 atom stereocenters. The van der Waals surface area contributed by atoms with Gasteiger partial charge in [0, 0.05) is 81.4 Å². The quantitative estimate of drug-likeness (QED) is 0.0475. The first-order valence-corrected chi connectivity index (χ1v) is 52.5. The fraction of sp³-hybridized carbons (Fsp3) is 0.597. The van der Waals surface area contributed by atoms with Gasteiger partial charge >= 0.3 is 5.69 Å². The predicted octanol–water partition coefficient (Wildman–Crippen LogP) is 3.84. The number of rotatable bonds is 21. The fourth-order valence-electron chi connectivity index (χ4n) is 12.5. The third-order valence-electron chi connectivity index (χ3n) is 18.7. The lowest BCUT2D eigenvalue weighted by Gasteiger charge is -2.33. The number of aromatic nitrogens is 2. The summed E-state index contributed by atoms with van der Waals surface area (Å²) in [5.74, 6) is 0.951. The highest BCUT2D eigenvalue weighted by molar-refractivity contribution is 14.1. The van der Waals surface area contributed by atoms with E-state index in [0.717, 1.165) is 65.6 Å². The number of methoxy groups -OCH3 is 1. The van der Waals surface area contributed by atoms with Crippen molar-refractivity contribution in [2.45, 2.75) is 152 Å². The largest absolute Gasteiger partial charge is 0.390 e. The Balaban J connectivity index is 0.000000209. The maximum atomic E-state index is 12.1. The minimum absolute atomic E-state index is 0.0577. The van der Waals surface area contributed by atoms with Crippen LogP contribution >= 0.6 is 73.0 Å². The highest BCUT2D eigenvalue weighted by Crippen LogP contribution is 2.45.